The van der Waals surface area contributed by atoms with Crippen molar-refractivity contribution in [1.29, 1.82) is 0 Å². The molecular formula is C32H31N13O5. The van der Waals surface area contributed by atoms with E-state index in [0.29, 0.717) is 45.9 Å². The van der Waals surface area contributed by atoms with Crippen molar-refractivity contribution in [2.75, 3.05) is 17.7 Å². The van der Waals surface area contributed by atoms with Crippen LogP contribution >= 0.6 is 0 Å². The van der Waals surface area contributed by atoms with Crippen molar-refractivity contribution < 1.29 is 23.9 Å². The Morgan fingerprint density at radius 1 is 0.840 bits per heavy atom. The number of imidazole rings is 2. The van der Waals surface area contributed by atoms with Crippen LogP contribution in [0.1, 0.15) is 54.4 Å². The Labute approximate surface area is 283 Å². The summed E-state index contributed by atoms with van der Waals surface area (Å²) in [7, 11) is 1.44. The van der Waals surface area contributed by atoms with Crippen molar-refractivity contribution in [2.45, 2.75) is 33.5 Å². The predicted molar refractivity (Wildman–Crippen MR) is 181 cm³/mol. The zero-order valence-corrected chi connectivity index (χ0v) is 27.1. The monoisotopic (exact) mass is 677 g/mol. The molecule has 6 N–H and O–H groups in total. The number of ether oxygens (including phenoxy) is 1. The van der Waals surface area contributed by atoms with E-state index in [-0.39, 0.29) is 41.9 Å². The average Bonchev–Trinajstić information content (AvgIpc) is 3.78. The highest BCUT2D eigenvalue weighted by molar-refractivity contribution is 6.04. The third-order valence-corrected chi connectivity index (χ3v) is 7.58. The molecule has 0 radical (unpaired) electrons. The minimum Gasteiger partial charge on any atom is -0.494 e. The van der Waals surface area contributed by atoms with Crippen molar-refractivity contribution in [3.63, 3.8) is 0 Å². The van der Waals surface area contributed by atoms with Crippen LogP contribution in [0.5, 0.6) is 5.75 Å². The second-order valence-electron chi connectivity index (χ2n) is 10.9. The molecule has 0 aliphatic carbocycles. The number of nitrogens with one attached hydrogen (secondary N) is 2. The number of carbonyl (C=O) groups is 4. The molecule has 0 atom stereocenters. The molecule has 254 valence electrons. The number of carbonyl (C=O) groups excluding carboxylic acids is 4. The van der Waals surface area contributed by atoms with E-state index in [1.807, 2.05) is 6.92 Å². The van der Waals surface area contributed by atoms with Crippen molar-refractivity contribution >= 4 is 57.7 Å². The first-order chi connectivity index (χ1) is 24.1. The number of aromatic nitrogens is 9. The van der Waals surface area contributed by atoms with Gasteiger partial charge in [-0.1, -0.05) is 12.2 Å². The summed E-state index contributed by atoms with van der Waals surface area (Å²) < 4.78 is 10.5. The highest BCUT2D eigenvalue weighted by Crippen LogP contribution is 2.31. The summed E-state index contributed by atoms with van der Waals surface area (Å²) in [5.74, 6) is -1.85. The van der Waals surface area contributed by atoms with Crippen molar-refractivity contribution in [3.8, 4) is 5.75 Å². The maximum absolute atomic E-state index is 13.3. The largest absolute Gasteiger partial charge is 0.494 e. The number of amides is 4. The molecule has 4 amide bonds. The number of nitrogens with zero attached hydrogens (tertiary/aromatic N) is 9. The van der Waals surface area contributed by atoms with Crippen molar-refractivity contribution in [1.82, 2.24) is 43.8 Å². The van der Waals surface area contributed by atoms with Gasteiger partial charge in [0.1, 0.15) is 22.5 Å². The third kappa shape index (κ3) is 6.44. The Morgan fingerprint density at radius 3 is 2.16 bits per heavy atom. The van der Waals surface area contributed by atoms with Crippen LogP contribution in [0.15, 0.2) is 61.1 Å². The van der Waals surface area contributed by atoms with Crippen LogP contribution in [0.4, 0.5) is 11.9 Å². The summed E-state index contributed by atoms with van der Waals surface area (Å²) >= 11 is 0. The number of pyridine rings is 1. The number of aryl methyl sites for hydroxylation is 2. The Kier molecular flexibility index (Phi) is 8.98. The lowest BCUT2D eigenvalue weighted by molar-refractivity contribution is 0.0991. The van der Waals surface area contributed by atoms with Gasteiger partial charge in [-0.2, -0.15) is 5.10 Å². The Morgan fingerprint density at radius 2 is 1.48 bits per heavy atom. The maximum Gasteiger partial charge on any atom is 0.295 e. The molecule has 50 heavy (non-hydrogen) atoms. The van der Waals surface area contributed by atoms with Gasteiger partial charge in [0.2, 0.25) is 29.5 Å². The molecule has 0 fully saturated rings. The number of benzene rings is 1. The van der Waals surface area contributed by atoms with Crippen LogP contribution in [0.3, 0.4) is 0 Å². The van der Waals surface area contributed by atoms with Crippen LogP contribution in [-0.2, 0) is 19.6 Å². The zero-order chi connectivity index (χ0) is 35.5. The maximum atomic E-state index is 13.3. The van der Waals surface area contributed by atoms with Crippen LogP contribution < -0.4 is 26.8 Å². The summed E-state index contributed by atoms with van der Waals surface area (Å²) in [5.41, 5.74) is 13.9. The second kappa shape index (κ2) is 13.6. The molecule has 1 aromatic carbocycles. The van der Waals surface area contributed by atoms with E-state index in [9.17, 15) is 19.2 Å². The van der Waals surface area contributed by atoms with Gasteiger partial charge < -0.3 is 20.8 Å². The molecule has 6 rings (SSSR count). The lowest BCUT2D eigenvalue weighted by Gasteiger charge is -2.11. The van der Waals surface area contributed by atoms with Gasteiger partial charge in [0, 0.05) is 43.8 Å². The van der Waals surface area contributed by atoms with Gasteiger partial charge in [0.15, 0.2) is 5.65 Å². The Bertz CT molecular complexity index is 2320. The average molecular weight is 678 g/mol. The fourth-order valence-corrected chi connectivity index (χ4v) is 5.28. The van der Waals surface area contributed by atoms with Crippen LogP contribution in [0.25, 0.3) is 22.2 Å². The number of fused-ring (bicyclic) bond motifs is 2. The smallest absolute Gasteiger partial charge is 0.295 e. The normalized spacial score (nSPS) is 11.3. The SMILES string of the molecule is CCn1nc(C)cc1C(=O)Nc1nc2cc(C(N)=O)cnc2n1C/C=C/Cn1c(NC(=O)c2ncccn2)nc2cc(C(N)=O)cc(OC)c21. The molecule has 5 aromatic heterocycles. The van der Waals surface area contributed by atoms with E-state index in [4.69, 9.17) is 16.2 Å². The van der Waals surface area contributed by atoms with Crippen LogP contribution in [-0.4, -0.2) is 74.6 Å². The molecule has 0 aliphatic rings. The lowest BCUT2D eigenvalue weighted by atomic mass is 10.1. The number of hydrogen-bond acceptors (Lipinski definition) is 11. The molecule has 18 heteroatoms. The van der Waals surface area contributed by atoms with Gasteiger partial charge in [0.05, 0.1) is 23.9 Å². The number of rotatable bonds is 12. The van der Waals surface area contributed by atoms with E-state index in [2.05, 4.69) is 40.7 Å². The van der Waals surface area contributed by atoms with Gasteiger partial charge >= 0.3 is 0 Å². The summed E-state index contributed by atoms with van der Waals surface area (Å²) in [6.45, 7) is 4.49. The van der Waals surface area contributed by atoms with Crippen LogP contribution in [0.2, 0.25) is 0 Å². The number of nitrogens with two attached hydrogens (primary N) is 2. The highest BCUT2D eigenvalue weighted by atomic mass is 16.5. The fraction of sp³-hybridized carbons (Fsp3) is 0.188. The van der Waals surface area contributed by atoms with Gasteiger partial charge in [0.25, 0.3) is 11.8 Å². The van der Waals surface area contributed by atoms with E-state index < -0.39 is 23.6 Å². The number of anilines is 2. The first-order valence-corrected chi connectivity index (χ1v) is 15.2. The number of primary amides is 2. The third-order valence-electron chi connectivity index (χ3n) is 7.58. The Balaban J connectivity index is 1.35. The summed E-state index contributed by atoms with van der Waals surface area (Å²) in [4.78, 5) is 71.7. The first-order valence-electron chi connectivity index (χ1n) is 15.2. The van der Waals surface area contributed by atoms with Gasteiger partial charge in [-0.25, -0.2) is 24.9 Å². The van der Waals surface area contributed by atoms with E-state index >= 15 is 0 Å². The predicted octanol–water partition coefficient (Wildman–Crippen LogP) is 2.06. The first kappa shape index (κ1) is 32.9. The topological polar surface area (TPSA) is 246 Å². The van der Waals surface area contributed by atoms with Crippen molar-refractivity contribution in [2.24, 2.45) is 11.5 Å². The molecule has 0 saturated heterocycles. The van der Waals surface area contributed by atoms with E-state index in [0.717, 1.165) is 0 Å². The highest BCUT2D eigenvalue weighted by Gasteiger charge is 2.21. The van der Waals surface area contributed by atoms with Crippen molar-refractivity contribution in [3.05, 3.63) is 89.4 Å². The standard InChI is InChI=1S/C32H31N13O5/c1-4-45-22(12-17(2)42-45)29(48)40-32-39-21-14-19(26(34)47)16-37-28(21)44(32)11-6-5-10-43-24-20(13-18(25(33)46)15-23(24)50-3)38-31(43)41-30(49)27-35-8-7-9-36-27/h5-9,12-16H,4,10-11H2,1-3H3,(H2,33,46)(H2,34,47)(H,38,41,49)(H,39,40,48)/b6-5+. The summed E-state index contributed by atoms with van der Waals surface area (Å²) in [6, 6.07) is 7.74. The molecule has 5 heterocycles. The summed E-state index contributed by atoms with van der Waals surface area (Å²) in [6.07, 6.45) is 7.80. The molecule has 0 spiro atoms. The van der Waals surface area contributed by atoms with E-state index in [1.165, 1.54) is 43.9 Å². The zero-order valence-electron chi connectivity index (χ0n) is 27.1. The van der Waals surface area contributed by atoms with Crippen LogP contribution in [0, 0.1) is 6.92 Å². The van der Waals surface area contributed by atoms with Gasteiger partial charge in [-0.05, 0) is 44.2 Å². The molecule has 0 bridgehead atoms. The van der Waals surface area contributed by atoms with E-state index in [1.54, 1.807) is 45.0 Å². The summed E-state index contributed by atoms with van der Waals surface area (Å²) in [5, 5.41) is 9.92. The molecule has 6 aromatic rings. The quantitative estimate of drug-likeness (QED) is 0.137. The molecular weight excluding hydrogens is 646 g/mol. The number of methoxy groups -OCH3 is 1. The number of allylic oxidation sites excluding steroid dienone is 2. The number of hydrogen-bond donors (Lipinski definition) is 4. The second-order valence-corrected chi connectivity index (χ2v) is 10.9. The molecule has 0 aliphatic heterocycles. The molecule has 18 nitrogen and oxygen atoms in total. The minimum absolute atomic E-state index is 0.0721. The van der Waals surface area contributed by atoms with Gasteiger partial charge in [-0.15, -0.1) is 0 Å². The molecule has 0 saturated carbocycles. The fourth-order valence-electron chi connectivity index (χ4n) is 5.28. The lowest BCUT2D eigenvalue weighted by Crippen LogP contribution is -2.20. The molecule has 0 unspecified atom stereocenters. The Hall–Kier alpha value is -6.98. The van der Waals surface area contributed by atoms with Gasteiger partial charge in [-0.3, -0.25) is 39.1 Å². The minimum atomic E-state index is -0.677.